The summed E-state index contributed by atoms with van der Waals surface area (Å²) in [5.74, 6) is 0. The minimum Gasteiger partial charge on any atom is -0.0967 e. The Balaban J connectivity index is 0. The van der Waals surface area contributed by atoms with Crippen molar-refractivity contribution in [2.75, 3.05) is 0 Å². The first-order valence-corrected chi connectivity index (χ1v) is 5.80. The van der Waals surface area contributed by atoms with Crippen LogP contribution in [0.5, 0.6) is 0 Å². The van der Waals surface area contributed by atoms with Gasteiger partial charge < -0.3 is 0 Å². The molecule has 0 bridgehead atoms. The maximum Gasteiger partial charge on any atom is 0.261 e. The van der Waals surface area contributed by atoms with Crippen LogP contribution < -0.4 is 0 Å². The maximum atomic E-state index is 2.32. The summed E-state index contributed by atoms with van der Waals surface area (Å²) in [7, 11) is 0. The monoisotopic (exact) mass is 173 g/mol. The molecule has 0 nitrogen and oxygen atoms in total. The molecule has 2 heteroatoms. The molecule has 0 saturated carbocycles. The summed E-state index contributed by atoms with van der Waals surface area (Å²) in [6, 6.07) is 0. The largest absolute Gasteiger partial charge is 0.261 e. The zero-order chi connectivity index (χ0) is 5.70. The minimum atomic E-state index is -0.171. The van der Waals surface area contributed by atoms with Crippen molar-refractivity contribution in [2.24, 2.45) is 0 Å². The Hall–Kier alpha value is 1.04. The summed E-state index contributed by atoms with van der Waals surface area (Å²) in [5.41, 5.74) is 0. The zero-order valence-corrected chi connectivity index (χ0v) is 8.23. The molecular formula is C6H15AlCo. The van der Waals surface area contributed by atoms with E-state index in [9.17, 15) is 0 Å². The van der Waals surface area contributed by atoms with E-state index in [4.69, 9.17) is 0 Å². The predicted octanol–water partition coefficient (Wildman–Crippen LogP) is 2.54. The number of rotatable bonds is 3. The Kier molecular flexibility index (Phi) is 11.8. The molecular weight excluding hydrogens is 158 g/mol. The fourth-order valence-electron chi connectivity index (χ4n) is 0.866. The molecule has 51 valence electrons. The van der Waals surface area contributed by atoms with Crippen molar-refractivity contribution >= 4 is 14.1 Å². The van der Waals surface area contributed by atoms with E-state index in [-0.39, 0.29) is 30.9 Å². The molecule has 8 heavy (non-hydrogen) atoms. The zero-order valence-electron chi connectivity index (χ0n) is 6.03. The van der Waals surface area contributed by atoms with E-state index in [1.807, 2.05) is 0 Å². The minimum absolute atomic E-state index is 0. The maximum absolute atomic E-state index is 2.32. The summed E-state index contributed by atoms with van der Waals surface area (Å²) >= 11 is -0.171. The molecule has 0 fully saturated rings. The summed E-state index contributed by atoms with van der Waals surface area (Å²) < 4.78 is 0. The second kappa shape index (κ2) is 8.04. The van der Waals surface area contributed by atoms with Gasteiger partial charge in [-0.15, -0.1) is 0 Å². The predicted molar refractivity (Wildman–Crippen MR) is 37.2 cm³/mol. The molecule has 0 aromatic heterocycles. The van der Waals surface area contributed by atoms with E-state index in [2.05, 4.69) is 20.8 Å². The van der Waals surface area contributed by atoms with E-state index >= 15 is 0 Å². The molecule has 0 spiro atoms. The van der Waals surface area contributed by atoms with Crippen LogP contribution in [0.1, 0.15) is 20.8 Å². The third-order valence-electron chi connectivity index (χ3n) is 1.73. The molecule has 0 aromatic carbocycles. The molecule has 0 aliphatic carbocycles. The van der Waals surface area contributed by atoms with Gasteiger partial charge in [-0.1, -0.05) is 36.6 Å². The normalized spacial score (nSPS) is 7.88. The van der Waals surface area contributed by atoms with Crippen LogP contribution in [0.25, 0.3) is 0 Å². The molecule has 0 saturated heterocycles. The van der Waals surface area contributed by atoms with Crippen molar-refractivity contribution in [1.29, 1.82) is 0 Å². The van der Waals surface area contributed by atoms with Gasteiger partial charge in [-0.05, 0) is 0 Å². The van der Waals surface area contributed by atoms with E-state index in [1.54, 1.807) is 0 Å². The Bertz CT molecular complexity index is 30.0. The van der Waals surface area contributed by atoms with Crippen LogP contribution in [0, 0.1) is 0 Å². The van der Waals surface area contributed by atoms with Crippen LogP contribution in [-0.4, -0.2) is 14.1 Å². The fraction of sp³-hybridized carbons (Fsp3) is 1.00. The average Bonchev–Trinajstić information content (AvgIpc) is 1.72. The molecule has 0 rings (SSSR count). The first kappa shape index (κ1) is 11.8. The third kappa shape index (κ3) is 5.18. The topological polar surface area (TPSA) is 0 Å². The first-order valence-electron chi connectivity index (χ1n) is 3.35. The molecule has 0 heterocycles. The van der Waals surface area contributed by atoms with Crippen LogP contribution in [0.3, 0.4) is 0 Å². The molecule has 0 aromatic rings. The van der Waals surface area contributed by atoms with Crippen LogP contribution in [0.4, 0.5) is 0 Å². The van der Waals surface area contributed by atoms with Crippen LogP contribution in [0.2, 0.25) is 15.8 Å². The summed E-state index contributed by atoms with van der Waals surface area (Å²) in [6.45, 7) is 6.97. The Labute approximate surface area is 67.6 Å². The smallest absolute Gasteiger partial charge is 0.0967 e. The molecule has 0 atom stereocenters. The van der Waals surface area contributed by atoms with Gasteiger partial charge in [-0.25, -0.2) is 0 Å². The van der Waals surface area contributed by atoms with Crippen molar-refractivity contribution in [2.45, 2.75) is 36.6 Å². The number of hydrogen-bond donors (Lipinski definition) is 0. The van der Waals surface area contributed by atoms with Gasteiger partial charge in [0.2, 0.25) is 0 Å². The van der Waals surface area contributed by atoms with Gasteiger partial charge in [0.15, 0.2) is 0 Å². The Morgan fingerprint density at radius 1 is 0.875 bits per heavy atom. The summed E-state index contributed by atoms with van der Waals surface area (Å²) in [4.78, 5) is 0. The Morgan fingerprint density at radius 3 is 1.12 bits per heavy atom. The van der Waals surface area contributed by atoms with Gasteiger partial charge in [-0.2, -0.15) is 0 Å². The number of hydrogen-bond acceptors (Lipinski definition) is 0. The van der Waals surface area contributed by atoms with E-state index in [0.29, 0.717) is 0 Å². The third-order valence-corrected chi connectivity index (χ3v) is 5.20. The average molecular weight is 173 g/mol. The molecule has 1 radical (unpaired) electrons. The van der Waals surface area contributed by atoms with Gasteiger partial charge in [0, 0.05) is 16.8 Å². The Morgan fingerprint density at radius 2 is 1.12 bits per heavy atom. The van der Waals surface area contributed by atoms with Gasteiger partial charge in [-0.3, -0.25) is 0 Å². The second-order valence-electron chi connectivity index (χ2n) is 2.09. The van der Waals surface area contributed by atoms with Gasteiger partial charge in [0.1, 0.15) is 0 Å². The standard InChI is InChI=1S/3C2H5.Al.Co/c3*1-2;;/h3*1H2,2H3;;. The SMILES string of the molecule is C[CH2][Al]([CH2]C)[CH2]C.[Co]. The fourth-order valence-corrected chi connectivity index (χ4v) is 2.60. The van der Waals surface area contributed by atoms with Gasteiger partial charge in [0.05, 0.1) is 0 Å². The van der Waals surface area contributed by atoms with Crippen LogP contribution >= 0.6 is 0 Å². The van der Waals surface area contributed by atoms with Crippen molar-refractivity contribution < 1.29 is 16.8 Å². The molecule has 0 amide bonds. The molecule has 0 aliphatic rings. The van der Waals surface area contributed by atoms with Crippen molar-refractivity contribution in [3.05, 3.63) is 0 Å². The van der Waals surface area contributed by atoms with Crippen LogP contribution in [0.15, 0.2) is 0 Å². The first-order chi connectivity index (χ1) is 3.35. The van der Waals surface area contributed by atoms with Crippen LogP contribution in [-0.2, 0) is 16.8 Å². The van der Waals surface area contributed by atoms with E-state index in [1.165, 1.54) is 15.8 Å². The summed E-state index contributed by atoms with van der Waals surface area (Å²) in [6.07, 6.45) is 0. The van der Waals surface area contributed by atoms with Crippen molar-refractivity contribution in [3.8, 4) is 0 Å². The van der Waals surface area contributed by atoms with Crippen molar-refractivity contribution in [3.63, 3.8) is 0 Å². The summed E-state index contributed by atoms with van der Waals surface area (Å²) in [5, 5.41) is 4.48. The molecule has 0 aliphatic heterocycles. The molecule has 0 N–H and O–H groups in total. The van der Waals surface area contributed by atoms with E-state index < -0.39 is 0 Å². The quantitative estimate of drug-likeness (QED) is 0.575. The van der Waals surface area contributed by atoms with Gasteiger partial charge >= 0.3 is 0 Å². The van der Waals surface area contributed by atoms with Gasteiger partial charge in [0.25, 0.3) is 14.1 Å². The van der Waals surface area contributed by atoms with Crippen molar-refractivity contribution in [1.82, 2.24) is 0 Å². The molecule has 0 unspecified atom stereocenters. The second-order valence-corrected chi connectivity index (χ2v) is 6.27. The van der Waals surface area contributed by atoms with E-state index in [0.717, 1.165) is 0 Å².